The summed E-state index contributed by atoms with van der Waals surface area (Å²) in [5.41, 5.74) is 2.85. The predicted octanol–water partition coefficient (Wildman–Crippen LogP) is 5.41. The molecule has 29 heavy (non-hydrogen) atoms. The zero-order valence-corrected chi connectivity index (χ0v) is 15.2. The number of nitrogens with zero attached hydrogens (tertiary/aromatic N) is 4. The summed E-state index contributed by atoms with van der Waals surface area (Å²) in [5, 5.41) is 9.24. The molecule has 0 saturated carbocycles. The lowest BCUT2D eigenvalue weighted by Crippen LogP contribution is -1.94. The van der Waals surface area contributed by atoms with Crippen LogP contribution in [0, 0.1) is 5.82 Å². The van der Waals surface area contributed by atoms with Crippen LogP contribution in [0.25, 0.3) is 28.0 Å². The first-order valence-electron chi connectivity index (χ1n) is 9.08. The molecule has 140 valence electrons. The molecule has 0 aliphatic rings. The first-order chi connectivity index (χ1) is 14.3. The molecular formula is C23H15FN4O. The second-order valence-electron chi connectivity index (χ2n) is 6.46. The Morgan fingerprint density at radius 1 is 0.759 bits per heavy atom. The van der Waals surface area contributed by atoms with Crippen molar-refractivity contribution in [2.75, 3.05) is 0 Å². The Kier molecular flexibility index (Phi) is 4.22. The third-order valence-electron chi connectivity index (χ3n) is 4.51. The summed E-state index contributed by atoms with van der Waals surface area (Å²) in [7, 11) is 0. The summed E-state index contributed by atoms with van der Waals surface area (Å²) in [5.74, 6) is 1.22. The van der Waals surface area contributed by atoms with Crippen molar-refractivity contribution in [2.24, 2.45) is 0 Å². The number of halogens is 1. The van der Waals surface area contributed by atoms with Crippen molar-refractivity contribution < 1.29 is 9.13 Å². The van der Waals surface area contributed by atoms with E-state index in [0.717, 1.165) is 28.1 Å². The highest BCUT2D eigenvalue weighted by Gasteiger charge is 2.10. The molecule has 5 rings (SSSR count). The van der Waals surface area contributed by atoms with E-state index in [1.807, 2.05) is 60.7 Å². The Bertz CT molecular complexity index is 1280. The number of benzene rings is 3. The van der Waals surface area contributed by atoms with E-state index in [2.05, 4.69) is 10.3 Å². The summed E-state index contributed by atoms with van der Waals surface area (Å²) in [6, 6.07) is 25.3. The van der Waals surface area contributed by atoms with Gasteiger partial charge in [0.2, 0.25) is 0 Å². The van der Waals surface area contributed by atoms with Crippen molar-refractivity contribution in [1.82, 2.24) is 20.0 Å². The van der Waals surface area contributed by atoms with Gasteiger partial charge in [0.1, 0.15) is 23.0 Å². The molecule has 0 fully saturated rings. The topological polar surface area (TPSA) is 52.8 Å². The van der Waals surface area contributed by atoms with Crippen molar-refractivity contribution >= 4 is 10.9 Å². The number of fused-ring (bicyclic) bond motifs is 1. The molecule has 3 aromatic carbocycles. The zero-order chi connectivity index (χ0) is 19.6. The fourth-order valence-corrected chi connectivity index (χ4v) is 3.08. The van der Waals surface area contributed by atoms with Gasteiger partial charge in [0.15, 0.2) is 0 Å². The molecule has 5 nitrogen and oxygen atoms in total. The van der Waals surface area contributed by atoms with Gasteiger partial charge < -0.3 is 4.74 Å². The molecule has 0 saturated heterocycles. The third kappa shape index (κ3) is 3.43. The molecule has 0 aliphatic heterocycles. The quantitative estimate of drug-likeness (QED) is 0.417. The van der Waals surface area contributed by atoms with Crippen LogP contribution in [0.1, 0.15) is 0 Å². The van der Waals surface area contributed by atoms with Crippen molar-refractivity contribution in [3.63, 3.8) is 0 Å². The first kappa shape index (κ1) is 17.1. The Labute approximate surface area is 166 Å². The normalized spacial score (nSPS) is 10.9. The minimum atomic E-state index is -0.293. The number of hydrogen-bond donors (Lipinski definition) is 0. The lowest BCUT2D eigenvalue weighted by molar-refractivity contribution is 0.488. The van der Waals surface area contributed by atoms with Crippen LogP contribution in [-0.4, -0.2) is 20.0 Å². The van der Waals surface area contributed by atoms with Crippen molar-refractivity contribution in [2.45, 2.75) is 0 Å². The van der Waals surface area contributed by atoms with Crippen LogP contribution in [0.4, 0.5) is 4.39 Å². The van der Waals surface area contributed by atoms with Crippen LogP contribution in [0.3, 0.4) is 0 Å². The van der Waals surface area contributed by atoms with Gasteiger partial charge in [-0.25, -0.2) is 14.1 Å². The summed E-state index contributed by atoms with van der Waals surface area (Å²) in [4.78, 5) is 4.71. The minimum Gasteiger partial charge on any atom is -0.457 e. The van der Waals surface area contributed by atoms with E-state index >= 15 is 0 Å². The number of hydrogen-bond acceptors (Lipinski definition) is 4. The number of para-hydroxylation sites is 1. The van der Waals surface area contributed by atoms with E-state index in [9.17, 15) is 4.39 Å². The molecule has 0 bridgehead atoms. The summed E-state index contributed by atoms with van der Waals surface area (Å²) >= 11 is 0. The van der Waals surface area contributed by atoms with Crippen LogP contribution in [0.2, 0.25) is 0 Å². The van der Waals surface area contributed by atoms with Gasteiger partial charge in [0, 0.05) is 5.39 Å². The number of ether oxygens (including phenoxy) is 1. The van der Waals surface area contributed by atoms with Gasteiger partial charge in [-0.05, 0) is 60.7 Å². The highest BCUT2D eigenvalue weighted by Crippen LogP contribution is 2.30. The average molecular weight is 382 g/mol. The first-order valence-corrected chi connectivity index (χ1v) is 9.08. The number of rotatable bonds is 4. The second kappa shape index (κ2) is 7.16. The van der Waals surface area contributed by atoms with Gasteiger partial charge in [-0.1, -0.05) is 29.5 Å². The van der Waals surface area contributed by atoms with Crippen LogP contribution in [-0.2, 0) is 0 Å². The molecule has 0 amide bonds. The van der Waals surface area contributed by atoms with Gasteiger partial charge >= 0.3 is 0 Å². The maximum Gasteiger partial charge on any atom is 0.136 e. The highest BCUT2D eigenvalue weighted by molar-refractivity contribution is 5.87. The number of aromatic nitrogens is 4. The van der Waals surface area contributed by atoms with Crippen molar-refractivity contribution in [3.05, 3.63) is 96.9 Å². The van der Waals surface area contributed by atoms with Crippen LogP contribution in [0.15, 0.2) is 91.1 Å². The zero-order valence-electron chi connectivity index (χ0n) is 15.2. The molecule has 0 spiro atoms. The molecule has 5 aromatic rings. The van der Waals surface area contributed by atoms with Gasteiger partial charge in [-0.2, -0.15) is 0 Å². The van der Waals surface area contributed by atoms with Gasteiger partial charge in [-0.3, -0.25) is 0 Å². The molecule has 0 unspecified atom stereocenters. The van der Waals surface area contributed by atoms with Gasteiger partial charge in [0.05, 0.1) is 23.1 Å². The second-order valence-corrected chi connectivity index (χ2v) is 6.46. The molecule has 0 N–H and O–H groups in total. The van der Waals surface area contributed by atoms with E-state index in [-0.39, 0.29) is 5.82 Å². The predicted molar refractivity (Wildman–Crippen MR) is 109 cm³/mol. The molecule has 2 aromatic heterocycles. The highest BCUT2D eigenvalue weighted by atomic mass is 19.1. The molecule has 0 aliphatic carbocycles. The van der Waals surface area contributed by atoms with E-state index in [1.165, 1.54) is 12.1 Å². The Morgan fingerprint density at radius 3 is 2.41 bits per heavy atom. The molecule has 6 heteroatoms. The van der Waals surface area contributed by atoms with Gasteiger partial charge in [-0.15, -0.1) is 5.10 Å². The van der Waals surface area contributed by atoms with E-state index in [0.29, 0.717) is 11.4 Å². The van der Waals surface area contributed by atoms with E-state index in [4.69, 9.17) is 9.72 Å². The summed E-state index contributed by atoms with van der Waals surface area (Å²) < 4.78 is 20.7. The SMILES string of the molecule is Fc1ccc(-n2cc(-c3ccc4c(Oc5ccccc5)cccc4n3)nn2)cc1. The van der Waals surface area contributed by atoms with E-state index in [1.54, 1.807) is 23.0 Å². The Hall–Kier alpha value is -4.06. The largest absolute Gasteiger partial charge is 0.457 e. The standard InChI is InChI=1S/C23H15FN4O/c24-16-9-11-17(12-10-16)28-15-22(26-27-28)21-14-13-19-20(25-21)7-4-8-23(19)29-18-5-2-1-3-6-18/h1-15H. The maximum absolute atomic E-state index is 13.1. The van der Waals surface area contributed by atoms with Crippen LogP contribution < -0.4 is 4.74 Å². The molecule has 0 atom stereocenters. The van der Waals surface area contributed by atoms with Crippen LogP contribution >= 0.6 is 0 Å². The molecule has 2 heterocycles. The average Bonchev–Trinajstić information content (AvgIpc) is 3.25. The summed E-state index contributed by atoms with van der Waals surface area (Å²) in [6.45, 7) is 0. The lowest BCUT2D eigenvalue weighted by atomic mass is 10.1. The minimum absolute atomic E-state index is 0.293. The maximum atomic E-state index is 13.1. The van der Waals surface area contributed by atoms with Crippen molar-refractivity contribution in [3.8, 4) is 28.6 Å². The Balaban J connectivity index is 1.48. The summed E-state index contributed by atoms with van der Waals surface area (Å²) in [6.07, 6.45) is 1.77. The van der Waals surface area contributed by atoms with Gasteiger partial charge in [0.25, 0.3) is 0 Å². The monoisotopic (exact) mass is 382 g/mol. The van der Waals surface area contributed by atoms with Crippen molar-refractivity contribution in [1.29, 1.82) is 0 Å². The fourth-order valence-electron chi connectivity index (χ4n) is 3.08. The Morgan fingerprint density at radius 2 is 1.59 bits per heavy atom. The van der Waals surface area contributed by atoms with Crippen LogP contribution in [0.5, 0.6) is 11.5 Å². The third-order valence-corrected chi connectivity index (χ3v) is 4.51. The lowest BCUT2D eigenvalue weighted by Gasteiger charge is -2.09. The number of pyridine rings is 1. The molecular weight excluding hydrogens is 367 g/mol. The smallest absolute Gasteiger partial charge is 0.136 e. The molecule has 0 radical (unpaired) electrons. The fraction of sp³-hybridized carbons (Fsp3) is 0. The van der Waals surface area contributed by atoms with E-state index < -0.39 is 0 Å².